The Balaban J connectivity index is 1.40. The van der Waals surface area contributed by atoms with E-state index < -0.39 is 26.2 Å². The summed E-state index contributed by atoms with van der Waals surface area (Å²) in [7, 11) is -7.91. The maximum Gasteiger partial charge on any atom is 0.297 e. The van der Waals surface area contributed by atoms with Crippen LogP contribution in [-0.2, 0) is 24.3 Å². The summed E-state index contributed by atoms with van der Waals surface area (Å²) in [5.41, 5.74) is 2.17. The lowest BCUT2D eigenvalue weighted by Gasteiger charge is -2.26. The van der Waals surface area contributed by atoms with E-state index in [0.717, 1.165) is 15.2 Å². The molecule has 35 heavy (non-hydrogen) atoms. The molecule has 0 fully saturated rings. The van der Waals surface area contributed by atoms with E-state index in [4.69, 9.17) is 13.7 Å². The topological polar surface area (TPSA) is 114 Å². The number of rotatable bonds is 6. The third-order valence-corrected chi connectivity index (χ3v) is 8.52. The normalized spacial score (nSPS) is 15.9. The van der Waals surface area contributed by atoms with Gasteiger partial charge in [-0.05, 0) is 50.2 Å². The van der Waals surface area contributed by atoms with Crippen LogP contribution in [0.3, 0.4) is 0 Å². The van der Waals surface area contributed by atoms with E-state index in [1.165, 1.54) is 30.5 Å². The van der Waals surface area contributed by atoms with Crippen molar-refractivity contribution in [3.8, 4) is 11.5 Å². The Bertz CT molecular complexity index is 1610. The van der Waals surface area contributed by atoms with Gasteiger partial charge in [-0.2, -0.15) is 26.0 Å². The number of aryl methyl sites for hydroxylation is 2. The number of benzene rings is 3. The molecule has 1 unspecified atom stereocenters. The van der Waals surface area contributed by atoms with E-state index >= 15 is 0 Å². The monoisotopic (exact) mass is 514 g/mol. The minimum absolute atomic E-state index is 0.0465. The van der Waals surface area contributed by atoms with Gasteiger partial charge >= 0.3 is 0 Å². The van der Waals surface area contributed by atoms with Crippen molar-refractivity contribution in [1.82, 2.24) is 9.19 Å². The third-order valence-electron chi connectivity index (χ3n) is 5.61. The summed E-state index contributed by atoms with van der Waals surface area (Å²) in [5, 5.41) is 4.52. The summed E-state index contributed by atoms with van der Waals surface area (Å²) in [6.45, 7) is 3.52. The Morgan fingerprint density at radius 3 is 2.20 bits per heavy atom. The fourth-order valence-corrected chi connectivity index (χ4v) is 5.88. The second kappa shape index (κ2) is 8.67. The molecule has 1 aromatic heterocycles. The van der Waals surface area contributed by atoms with Crippen LogP contribution in [0.2, 0.25) is 0 Å². The first-order chi connectivity index (χ1) is 16.6. The van der Waals surface area contributed by atoms with Crippen molar-refractivity contribution < 1.29 is 30.5 Å². The second-order valence-corrected chi connectivity index (χ2v) is 11.6. The van der Waals surface area contributed by atoms with Gasteiger partial charge in [0, 0.05) is 0 Å². The minimum atomic E-state index is -3.98. The molecule has 0 N–H and O–H groups in total. The number of hydrogen-bond donors (Lipinski definition) is 0. The lowest BCUT2D eigenvalue weighted by molar-refractivity contribution is 0.0571. The van der Waals surface area contributed by atoms with Crippen LogP contribution in [0, 0.1) is 13.8 Å². The van der Waals surface area contributed by atoms with Crippen LogP contribution in [0.5, 0.6) is 11.5 Å². The molecular formula is C24H22N2O7S2. The van der Waals surface area contributed by atoms with Crippen molar-refractivity contribution in [2.45, 2.75) is 29.7 Å². The fourth-order valence-electron chi connectivity index (χ4n) is 3.67. The number of ether oxygens (including phenoxy) is 2. The molecule has 0 aliphatic carbocycles. The van der Waals surface area contributed by atoms with Crippen molar-refractivity contribution >= 4 is 31.0 Å². The van der Waals surface area contributed by atoms with Crippen molar-refractivity contribution in [3.63, 3.8) is 0 Å². The maximum atomic E-state index is 13.2. The first kappa shape index (κ1) is 23.3. The zero-order chi connectivity index (χ0) is 24.8. The quantitative estimate of drug-likeness (QED) is 0.360. The first-order valence-electron chi connectivity index (χ1n) is 10.7. The number of aromatic nitrogens is 2. The molecule has 0 spiro atoms. The van der Waals surface area contributed by atoms with Gasteiger partial charge in [0.05, 0.1) is 26.9 Å². The van der Waals surface area contributed by atoms with Gasteiger partial charge in [0.15, 0.2) is 17.6 Å². The molecule has 1 atom stereocenters. The van der Waals surface area contributed by atoms with E-state index in [9.17, 15) is 16.8 Å². The highest BCUT2D eigenvalue weighted by Gasteiger charge is 2.29. The van der Waals surface area contributed by atoms with Gasteiger partial charge in [-0.15, -0.1) is 0 Å². The molecule has 1 aliphatic heterocycles. The molecule has 182 valence electrons. The third kappa shape index (κ3) is 4.38. The van der Waals surface area contributed by atoms with E-state index in [1.807, 2.05) is 13.8 Å². The number of fused-ring (bicyclic) bond motifs is 3. The molecule has 9 nitrogen and oxygen atoms in total. The van der Waals surface area contributed by atoms with Crippen LogP contribution >= 0.6 is 0 Å². The Hall–Kier alpha value is -3.41. The molecule has 2 heterocycles. The zero-order valence-corrected chi connectivity index (χ0v) is 20.5. The van der Waals surface area contributed by atoms with E-state index in [0.29, 0.717) is 16.7 Å². The summed E-state index contributed by atoms with van der Waals surface area (Å²) < 4.78 is 69.2. The fraction of sp³-hybridized carbons (Fsp3) is 0.208. The Morgan fingerprint density at radius 1 is 0.914 bits per heavy atom. The molecule has 1 aliphatic rings. The van der Waals surface area contributed by atoms with Gasteiger partial charge < -0.3 is 9.47 Å². The smallest absolute Gasteiger partial charge is 0.297 e. The highest BCUT2D eigenvalue weighted by atomic mass is 32.2. The Kier molecular flexibility index (Phi) is 5.78. The average molecular weight is 515 g/mol. The largest absolute Gasteiger partial charge is 0.486 e. The molecule has 0 bridgehead atoms. The molecule has 0 saturated carbocycles. The highest BCUT2D eigenvalue weighted by Crippen LogP contribution is 2.39. The Labute approximate surface area is 203 Å². The molecular weight excluding hydrogens is 492 g/mol. The number of hydrogen-bond acceptors (Lipinski definition) is 8. The average Bonchev–Trinajstić information content (AvgIpc) is 3.29. The van der Waals surface area contributed by atoms with Gasteiger partial charge in [0.2, 0.25) is 0 Å². The van der Waals surface area contributed by atoms with Crippen molar-refractivity contribution in [2.75, 3.05) is 13.2 Å². The second-order valence-electron chi connectivity index (χ2n) is 8.23. The molecule has 0 saturated heterocycles. The molecule has 4 aromatic rings. The minimum Gasteiger partial charge on any atom is -0.486 e. The van der Waals surface area contributed by atoms with Gasteiger partial charge in [-0.3, -0.25) is 4.18 Å². The van der Waals surface area contributed by atoms with Crippen LogP contribution in [-0.4, -0.2) is 45.3 Å². The van der Waals surface area contributed by atoms with Crippen LogP contribution in [0.1, 0.15) is 11.1 Å². The molecule has 11 heteroatoms. The van der Waals surface area contributed by atoms with Gasteiger partial charge in [-0.25, -0.2) is 0 Å². The lowest BCUT2D eigenvalue weighted by Crippen LogP contribution is -2.34. The van der Waals surface area contributed by atoms with Crippen molar-refractivity contribution in [2.24, 2.45) is 0 Å². The van der Waals surface area contributed by atoms with Crippen LogP contribution in [0.15, 0.2) is 76.7 Å². The summed E-state index contributed by atoms with van der Waals surface area (Å²) in [6.07, 6.45) is 0.653. The molecule has 3 aromatic carbocycles. The van der Waals surface area contributed by atoms with Gasteiger partial charge in [-0.1, -0.05) is 35.4 Å². The van der Waals surface area contributed by atoms with Crippen LogP contribution < -0.4 is 9.47 Å². The van der Waals surface area contributed by atoms with E-state index in [2.05, 4.69) is 5.10 Å². The van der Waals surface area contributed by atoms with E-state index in [1.54, 1.807) is 36.4 Å². The maximum absolute atomic E-state index is 13.2. The summed E-state index contributed by atoms with van der Waals surface area (Å²) in [6, 6.07) is 16.0. The predicted molar refractivity (Wildman–Crippen MR) is 128 cm³/mol. The summed E-state index contributed by atoms with van der Waals surface area (Å²) in [4.78, 5) is 0.154. The predicted octanol–water partition coefficient (Wildman–Crippen LogP) is 3.44. The summed E-state index contributed by atoms with van der Waals surface area (Å²) >= 11 is 0. The van der Waals surface area contributed by atoms with Crippen molar-refractivity contribution in [1.29, 1.82) is 0 Å². The first-order valence-corrected chi connectivity index (χ1v) is 13.6. The van der Waals surface area contributed by atoms with Crippen molar-refractivity contribution in [3.05, 3.63) is 78.0 Å². The van der Waals surface area contributed by atoms with E-state index in [-0.39, 0.29) is 28.8 Å². The summed E-state index contributed by atoms with van der Waals surface area (Å²) in [5.74, 6) is 0.683. The van der Waals surface area contributed by atoms with Crippen LogP contribution in [0.4, 0.5) is 0 Å². The Morgan fingerprint density at radius 2 is 1.54 bits per heavy atom. The van der Waals surface area contributed by atoms with Gasteiger partial charge in [0.25, 0.3) is 20.1 Å². The highest BCUT2D eigenvalue weighted by molar-refractivity contribution is 7.90. The molecule has 0 radical (unpaired) electrons. The lowest BCUT2D eigenvalue weighted by atomic mass is 10.2. The van der Waals surface area contributed by atoms with Crippen LogP contribution in [0.25, 0.3) is 10.9 Å². The standard InChI is InChI=1S/C24H22N2O7S2/c1-16-3-7-19(8-4-16)34(27,28)26-22-11-12-23-24(21(22)13-25-26)33-18(14-31-23)15-32-35(29,30)20-9-5-17(2)6-10-20/h3-13,18H,14-15H2,1-2H3. The molecule has 5 rings (SSSR count). The number of nitrogens with zero attached hydrogens (tertiary/aromatic N) is 2. The molecule has 0 amide bonds. The SMILES string of the molecule is Cc1ccc(S(=O)(=O)OCC2COc3ccc4c(cnn4S(=O)(=O)c4ccc(C)cc4)c3O2)cc1. The zero-order valence-electron chi connectivity index (χ0n) is 18.9. The van der Waals surface area contributed by atoms with Gasteiger partial charge in [0.1, 0.15) is 13.2 Å².